The summed E-state index contributed by atoms with van der Waals surface area (Å²) in [5, 5.41) is 12.3. The number of hydrogen-bond acceptors (Lipinski definition) is 2. The molecule has 3 heteroatoms. The summed E-state index contributed by atoms with van der Waals surface area (Å²) in [4.78, 5) is 12.2. The molecule has 1 amide bonds. The van der Waals surface area contributed by atoms with Gasteiger partial charge < -0.3 is 10.4 Å². The number of aliphatic hydroxyl groups is 1. The lowest BCUT2D eigenvalue weighted by Crippen LogP contribution is -2.31. The van der Waals surface area contributed by atoms with Crippen molar-refractivity contribution in [3.63, 3.8) is 0 Å². The van der Waals surface area contributed by atoms with Crippen LogP contribution in [0, 0.1) is 11.8 Å². The van der Waals surface area contributed by atoms with E-state index in [0.717, 1.165) is 5.92 Å². The van der Waals surface area contributed by atoms with E-state index in [2.05, 4.69) is 24.4 Å². The van der Waals surface area contributed by atoms with Crippen molar-refractivity contribution in [2.45, 2.75) is 51.4 Å². The first-order chi connectivity index (χ1) is 10.7. The van der Waals surface area contributed by atoms with Crippen LogP contribution in [0.15, 0.2) is 30.3 Å². The molecule has 3 nitrogen and oxygen atoms in total. The fraction of sp³-hybridized carbons (Fsp3) is 0.632. The topological polar surface area (TPSA) is 49.3 Å². The molecule has 1 aromatic carbocycles. The molecule has 0 aromatic heterocycles. The summed E-state index contributed by atoms with van der Waals surface area (Å²) in [6, 6.07) is 10.1. The highest BCUT2D eigenvalue weighted by atomic mass is 16.3. The van der Waals surface area contributed by atoms with Gasteiger partial charge >= 0.3 is 0 Å². The van der Waals surface area contributed by atoms with E-state index in [1.54, 1.807) is 0 Å². The van der Waals surface area contributed by atoms with Gasteiger partial charge in [0.25, 0.3) is 0 Å². The van der Waals surface area contributed by atoms with E-state index >= 15 is 0 Å². The molecule has 3 unspecified atom stereocenters. The number of nitrogens with one attached hydrogen (secondary N) is 1. The highest BCUT2D eigenvalue weighted by Gasteiger charge is 2.21. The summed E-state index contributed by atoms with van der Waals surface area (Å²) in [5.74, 6) is 1.67. The fourth-order valence-electron chi connectivity index (χ4n) is 3.58. The minimum Gasteiger partial charge on any atom is -0.396 e. The second-order valence-electron chi connectivity index (χ2n) is 6.77. The van der Waals surface area contributed by atoms with Crippen molar-refractivity contribution in [1.82, 2.24) is 5.32 Å². The zero-order chi connectivity index (χ0) is 15.8. The monoisotopic (exact) mass is 303 g/mol. The van der Waals surface area contributed by atoms with E-state index < -0.39 is 0 Å². The summed E-state index contributed by atoms with van der Waals surface area (Å²) in [5.41, 5.74) is 1.18. The van der Waals surface area contributed by atoms with Gasteiger partial charge in [-0.25, -0.2) is 0 Å². The van der Waals surface area contributed by atoms with Crippen molar-refractivity contribution in [1.29, 1.82) is 0 Å². The molecule has 1 aliphatic rings. The zero-order valence-electron chi connectivity index (χ0n) is 13.6. The molecule has 2 rings (SSSR count). The van der Waals surface area contributed by atoms with Gasteiger partial charge in [-0.1, -0.05) is 50.1 Å². The molecular formula is C19H29NO2. The van der Waals surface area contributed by atoms with Crippen LogP contribution in [0.25, 0.3) is 0 Å². The lowest BCUT2D eigenvalue weighted by Gasteiger charge is -2.26. The van der Waals surface area contributed by atoms with Crippen LogP contribution < -0.4 is 5.32 Å². The van der Waals surface area contributed by atoms with Gasteiger partial charge in [-0.15, -0.1) is 0 Å². The number of rotatable bonds is 7. The van der Waals surface area contributed by atoms with Gasteiger partial charge in [0.05, 0.1) is 0 Å². The normalized spacial score (nSPS) is 23.0. The summed E-state index contributed by atoms with van der Waals surface area (Å²) < 4.78 is 0. The number of amides is 1. The van der Waals surface area contributed by atoms with Crippen LogP contribution in [-0.4, -0.2) is 24.2 Å². The lowest BCUT2D eigenvalue weighted by molar-refractivity contribution is -0.122. The second-order valence-corrected chi connectivity index (χ2v) is 6.77. The molecule has 0 radical (unpaired) electrons. The zero-order valence-corrected chi connectivity index (χ0v) is 13.6. The molecule has 1 aromatic rings. The van der Waals surface area contributed by atoms with Gasteiger partial charge in [-0.2, -0.15) is 0 Å². The summed E-state index contributed by atoms with van der Waals surface area (Å²) >= 11 is 0. The Kier molecular flexibility index (Phi) is 6.91. The van der Waals surface area contributed by atoms with Crippen LogP contribution in [0.5, 0.6) is 0 Å². The average Bonchev–Trinajstić information content (AvgIpc) is 2.52. The number of benzene rings is 1. The summed E-state index contributed by atoms with van der Waals surface area (Å²) in [7, 11) is 0. The highest BCUT2D eigenvalue weighted by Crippen LogP contribution is 2.30. The quantitative estimate of drug-likeness (QED) is 0.810. The molecule has 22 heavy (non-hydrogen) atoms. The van der Waals surface area contributed by atoms with Crippen LogP contribution in [0.2, 0.25) is 0 Å². The maximum absolute atomic E-state index is 12.2. The summed E-state index contributed by atoms with van der Waals surface area (Å²) in [6.07, 6.45) is 6.29. The molecule has 2 N–H and O–H groups in total. The van der Waals surface area contributed by atoms with E-state index in [9.17, 15) is 9.90 Å². The Morgan fingerprint density at radius 1 is 1.32 bits per heavy atom. The van der Waals surface area contributed by atoms with Crippen molar-refractivity contribution in [2.24, 2.45) is 11.8 Å². The largest absolute Gasteiger partial charge is 0.396 e. The molecule has 0 aliphatic heterocycles. The third-order valence-corrected chi connectivity index (χ3v) is 4.81. The molecule has 1 aliphatic carbocycles. The van der Waals surface area contributed by atoms with Gasteiger partial charge in [0.15, 0.2) is 0 Å². The van der Waals surface area contributed by atoms with Crippen LogP contribution >= 0.6 is 0 Å². The smallest absolute Gasteiger partial charge is 0.220 e. The van der Waals surface area contributed by atoms with Gasteiger partial charge in [0.2, 0.25) is 5.91 Å². The molecule has 0 saturated heterocycles. The molecule has 1 saturated carbocycles. The van der Waals surface area contributed by atoms with Crippen LogP contribution in [0.3, 0.4) is 0 Å². The van der Waals surface area contributed by atoms with Crippen molar-refractivity contribution < 1.29 is 9.90 Å². The first kappa shape index (κ1) is 17.0. The molecule has 0 heterocycles. The maximum atomic E-state index is 12.2. The Morgan fingerprint density at radius 2 is 2.09 bits per heavy atom. The fourth-order valence-corrected chi connectivity index (χ4v) is 3.58. The lowest BCUT2D eigenvalue weighted by atomic mass is 9.81. The van der Waals surface area contributed by atoms with Crippen molar-refractivity contribution >= 4 is 5.91 Å². The number of carbonyl (C=O) groups is 1. The van der Waals surface area contributed by atoms with E-state index in [1.165, 1.54) is 31.2 Å². The Balaban J connectivity index is 1.80. The van der Waals surface area contributed by atoms with E-state index in [-0.39, 0.29) is 18.4 Å². The first-order valence-corrected chi connectivity index (χ1v) is 8.61. The number of hydrogen-bond donors (Lipinski definition) is 2. The van der Waals surface area contributed by atoms with E-state index in [1.807, 2.05) is 18.2 Å². The SMILES string of the molecule is CC1CCCC(CC(=O)NCC(CCO)c2ccccc2)C1. The van der Waals surface area contributed by atoms with Gasteiger partial charge in [0.1, 0.15) is 0 Å². The molecule has 0 spiro atoms. The Morgan fingerprint density at radius 3 is 2.77 bits per heavy atom. The van der Waals surface area contributed by atoms with Crippen LogP contribution in [0.4, 0.5) is 0 Å². The molecule has 0 bridgehead atoms. The van der Waals surface area contributed by atoms with Crippen LogP contribution in [-0.2, 0) is 4.79 Å². The second kappa shape index (κ2) is 8.94. The van der Waals surface area contributed by atoms with E-state index in [0.29, 0.717) is 25.3 Å². The third-order valence-electron chi connectivity index (χ3n) is 4.81. The maximum Gasteiger partial charge on any atom is 0.220 e. The van der Waals surface area contributed by atoms with E-state index in [4.69, 9.17) is 0 Å². The Bertz CT molecular complexity index is 446. The Hall–Kier alpha value is -1.35. The van der Waals surface area contributed by atoms with Gasteiger partial charge in [0, 0.05) is 25.5 Å². The highest BCUT2D eigenvalue weighted by molar-refractivity contribution is 5.76. The average molecular weight is 303 g/mol. The van der Waals surface area contributed by atoms with Crippen molar-refractivity contribution in [3.8, 4) is 0 Å². The van der Waals surface area contributed by atoms with Gasteiger partial charge in [-0.3, -0.25) is 4.79 Å². The number of aliphatic hydroxyl groups excluding tert-OH is 1. The summed E-state index contributed by atoms with van der Waals surface area (Å²) in [6.45, 7) is 3.05. The Labute approximate surface area is 134 Å². The molecular weight excluding hydrogens is 274 g/mol. The first-order valence-electron chi connectivity index (χ1n) is 8.61. The van der Waals surface area contributed by atoms with Crippen molar-refractivity contribution in [3.05, 3.63) is 35.9 Å². The predicted molar refractivity (Wildman–Crippen MR) is 89.6 cm³/mol. The minimum absolute atomic E-state index is 0.148. The van der Waals surface area contributed by atoms with Crippen molar-refractivity contribution in [2.75, 3.05) is 13.2 Å². The van der Waals surface area contributed by atoms with Gasteiger partial charge in [-0.05, 0) is 36.7 Å². The molecule has 3 atom stereocenters. The van der Waals surface area contributed by atoms with Crippen LogP contribution in [0.1, 0.15) is 56.9 Å². The predicted octanol–water partition coefficient (Wildman–Crippen LogP) is 3.49. The third kappa shape index (κ3) is 5.45. The minimum atomic E-state index is 0.148. The number of carbonyl (C=O) groups excluding carboxylic acids is 1. The molecule has 1 fully saturated rings. The standard InChI is InChI=1S/C19H29NO2/c1-15-6-5-7-16(12-15)13-19(22)20-14-18(10-11-21)17-8-3-2-4-9-17/h2-4,8-9,15-16,18,21H,5-7,10-14H2,1H3,(H,20,22). The molecule has 122 valence electrons.